The summed E-state index contributed by atoms with van der Waals surface area (Å²) in [5.41, 5.74) is 1.35. The average molecular weight is 276 g/mol. The van der Waals surface area contributed by atoms with Crippen molar-refractivity contribution in [2.45, 2.75) is 45.2 Å². The zero-order chi connectivity index (χ0) is 14.4. The molecule has 2 unspecified atom stereocenters. The molecule has 1 N–H and O–H groups in total. The third kappa shape index (κ3) is 3.74. The summed E-state index contributed by atoms with van der Waals surface area (Å²) in [5, 5.41) is 3.65. The summed E-state index contributed by atoms with van der Waals surface area (Å²) in [6.07, 6.45) is 4.06. The predicted octanol–water partition coefficient (Wildman–Crippen LogP) is 3.22. The first kappa shape index (κ1) is 15.3. The lowest BCUT2D eigenvalue weighted by molar-refractivity contribution is 0.142. The van der Waals surface area contributed by atoms with Crippen LogP contribution in [0.2, 0.25) is 0 Å². The first-order valence-electron chi connectivity index (χ1n) is 7.87. The molecule has 1 aromatic rings. The fourth-order valence-electron chi connectivity index (χ4n) is 3.13. The Morgan fingerprint density at radius 3 is 2.35 bits per heavy atom. The largest absolute Gasteiger partial charge is 0.497 e. The van der Waals surface area contributed by atoms with E-state index < -0.39 is 0 Å². The second kappa shape index (κ2) is 7.65. The van der Waals surface area contributed by atoms with E-state index in [0.717, 1.165) is 12.3 Å². The van der Waals surface area contributed by atoms with Gasteiger partial charge in [-0.15, -0.1) is 0 Å². The highest BCUT2D eigenvalue weighted by Gasteiger charge is 2.25. The number of nitrogens with zero attached hydrogens (tertiary/aromatic N) is 1. The van der Waals surface area contributed by atoms with Crippen molar-refractivity contribution in [1.29, 1.82) is 0 Å². The van der Waals surface area contributed by atoms with Crippen LogP contribution in [0.1, 0.15) is 44.7 Å². The van der Waals surface area contributed by atoms with E-state index in [9.17, 15) is 0 Å². The normalized spacial score (nSPS) is 19.6. The van der Waals surface area contributed by atoms with Crippen LogP contribution in [0.15, 0.2) is 24.3 Å². The Labute approximate surface area is 123 Å². The molecule has 0 spiro atoms. The van der Waals surface area contributed by atoms with E-state index in [0.29, 0.717) is 12.1 Å². The third-order valence-electron chi connectivity index (χ3n) is 4.35. The lowest BCUT2D eigenvalue weighted by Crippen LogP contribution is -2.45. The lowest BCUT2D eigenvalue weighted by atomic mass is 9.97. The molecule has 2 atom stereocenters. The van der Waals surface area contributed by atoms with E-state index in [2.05, 4.69) is 48.3 Å². The summed E-state index contributed by atoms with van der Waals surface area (Å²) in [5.74, 6) is 0.926. The number of likely N-dealkylation sites (tertiary alicyclic amines) is 1. The van der Waals surface area contributed by atoms with E-state index in [4.69, 9.17) is 4.74 Å². The summed E-state index contributed by atoms with van der Waals surface area (Å²) in [6, 6.07) is 9.41. The molecule has 3 heteroatoms. The number of likely N-dealkylation sites (N-methyl/N-ethyl adjacent to an activating group) is 1. The van der Waals surface area contributed by atoms with Crippen LogP contribution in [-0.4, -0.2) is 37.7 Å². The van der Waals surface area contributed by atoms with Crippen LogP contribution in [0.5, 0.6) is 5.75 Å². The maximum Gasteiger partial charge on any atom is 0.118 e. The van der Waals surface area contributed by atoms with Crippen LogP contribution in [0.3, 0.4) is 0 Å². The van der Waals surface area contributed by atoms with E-state index in [1.807, 2.05) is 0 Å². The molecule has 1 fully saturated rings. The van der Waals surface area contributed by atoms with Gasteiger partial charge in [-0.25, -0.2) is 0 Å². The Morgan fingerprint density at radius 2 is 1.80 bits per heavy atom. The Bertz CT molecular complexity index is 384. The smallest absolute Gasteiger partial charge is 0.118 e. The molecule has 2 rings (SSSR count). The van der Waals surface area contributed by atoms with Crippen molar-refractivity contribution in [3.05, 3.63) is 29.8 Å². The molecule has 1 aromatic carbocycles. The first-order chi connectivity index (χ1) is 9.76. The van der Waals surface area contributed by atoms with E-state index in [1.165, 1.54) is 37.9 Å². The van der Waals surface area contributed by atoms with Crippen LogP contribution in [-0.2, 0) is 0 Å². The number of ether oxygens (including phenoxy) is 1. The van der Waals surface area contributed by atoms with Crippen molar-refractivity contribution in [3.63, 3.8) is 0 Å². The van der Waals surface area contributed by atoms with Gasteiger partial charge < -0.3 is 10.1 Å². The molecule has 1 aliphatic rings. The topological polar surface area (TPSA) is 24.5 Å². The molecule has 1 heterocycles. The van der Waals surface area contributed by atoms with Gasteiger partial charge in [0.25, 0.3) is 0 Å². The van der Waals surface area contributed by atoms with Gasteiger partial charge in [0.15, 0.2) is 0 Å². The Morgan fingerprint density at radius 1 is 1.15 bits per heavy atom. The standard InChI is InChI=1S/C17H28N2O/c1-4-18-17(14(2)19-12-6-5-7-13-19)15-8-10-16(20-3)11-9-15/h8-11,14,17-18H,4-7,12-13H2,1-3H3. The van der Waals surface area contributed by atoms with Crippen LogP contribution >= 0.6 is 0 Å². The summed E-state index contributed by atoms with van der Waals surface area (Å²) in [4.78, 5) is 2.63. The summed E-state index contributed by atoms with van der Waals surface area (Å²) >= 11 is 0. The number of nitrogens with one attached hydrogen (secondary N) is 1. The summed E-state index contributed by atoms with van der Waals surface area (Å²) in [6.45, 7) is 8.00. The molecule has 112 valence electrons. The zero-order valence-corrected chi connectivity index (χ0v) is 13.1. The first-order valence-corrected chi connectivity index (χ1v) is 7.87. The van der Waals surface area contributed by atoms with Gasteiger partial charge in [-0.3, -0.25) is 4.90 Å². The Kier molecular flexibility index (Phi) is 5.86. The van der Waals surface area contributed by atoms with Crippen molar-refractivity contribution < 1.29 is 4.74 Å². The van der Waals surface area contributed by atoms with Gasteiger partial charge >= 0.3 is 0 Å². The molecule has 0 bridgehead atoms. The van der Waals surface area contributed by atoms with E-state index in [1.54, 1.807) is 7.11 Å². The molecule has 3 nitrogen and oxygen atoms in total. The third-order valence-corrected chi connectivity index (χ3v) is 4.35. The molecule has 1 aliphatic heterocycles. The van der Waals surface area contributed by atoms with Gasteiger partial charge in [0.2, 0.25) is 0 Å². The number of benzene rings is 1. The fourth-order valence-corrected chi connectivity index (χ4v) is 3.13. The quantitative estimate of drug-likeness (QED) is 0.863. The van der Waals surface area contributed by atoms with E-state index >= 15 is 0 Å². The van der Waals surface area contributed by atoms with Crippen molar-refractivity contribution in [2.75, 3.05) is 26.7 Å². The van der Waals surface area contributed by atoms with Crippen molar-refractivity contribution in [2.24, 2.45) is 0 Å². The van der Waals surface area contributed by atoms with Crippen LogP contribution < -0.4 is 10.1 Å². The molecular weight excluding hydrogens is 248 g/mol. The van der Waals surface area contributed by atoms with Crippen molar-refractivity contribution >= 4 is 0 Å². The molecule has 0 radical (unpaired) electrons. The predicted molar refractivity (Wildman–Crippen MR) is 84.3 cm³/mol. The Balaban J connectivity index is 2.11. The SMILES string of the molecule is CCNC(c1ccc(OC)cc1)C(C)N1CCCCC1. The van der Waals surface area contributed by atoms with Crippen LogP contribution in [0.4, 0.5) is 0 Å². The van der Waals surface area contributed by atoms with Gasteiger partial charge in [-0.05, 0) is 57.1 Å². The molecule has 1 saturated heterocycles. The molecule has 0 aliphatic carbocycles. The lowest BCUT2D eigenvalue weighted by Gasteiger charge is -2.37. The number of piperidine rings is 1. The minimum Gasteiger partial charge on any atom is -0.497 e. The second-order valence-corrected chi connectivity index (χ2v) is 5.65. The monoisotopic (exact) mass is 276 g/mol. The highest BCUT2D eigenvalue weighted by Crippen LogP contribution is 2.25. The summed E-state index contributed by atoms with van der Waals surface area (Å²) < 4.78 is 5.25. The zero-order valence-electron chi connectivity index (χ0n) is 13.1. The van der Waals surface area contributed by atoms with Gasteiger partial charge in [-0.1, -0.05) is 25.5 Å². The molecule has 0 amide bonds. The second-order valence-electron chi connectivity index (χ2n) is 5.65. The molecule has 20 heavy (non-hydrogen) atoms. The van der Waals surface area contributed by atoms with Crippen LogP contribution in [0, 0.1) is 0 Å². The molecule has 0 aromatic heterocycles. The van der Waals surface area contributed by atoms with Gasteiger partial charge in [0, 0.05) is 12.1 Å². The highest BCUT2D eigenvalue weighted by atomic mass is 16.5. The number of methoxy groups -OCH3 is 1. The van der Waals surface area contributed by atoms with E-state index in [-0.39, 0.29) is 0 Å². The minimum atomic E-state index is 0.393. The molecule has 0 saturated carbocycles. The number of hydrogen-bond donors (Lipinski definition) is 1. The highest BCUT2D eigenvalue weighted by molar-refractivity contribution is 5.29. The molecular formula is C17H28N2O. The summed E-state index contributed by atoms with van der Waals surface area (Å²) in [7, 11) is 1.72. The Hall–Kier alpha value is -1.06. The maximum atomic E-state index is 5.25. The number of rotatable bonds is 6. The van der Waals surface area contributed by atoms with Gasteiger partial charge in [-0.2, -0.15) is 0 Å². The fraction of sp³-hybridized carbons (Fsp3) is 0.647. The van der Waals surface area contributed by atoms with Gasteiger partial charge in [0.05, 0.1) is 7.11 Å². The minimum absolute atomic E-state index is 0.393. The average Bonchev–Trinajstić information content (AvgIpc) is 2.53. The van der Waals surface area contributed by atoms with Crippen molar-refractivity contribution in [1.82, 2.24) is 10.2 Å². The number of hydrogen-bond acceptors (Lipinski definition) is 3. The van der Waals surface area contributed by atoms with Crippen molar-refractivity contribution in [3.8, 4) is 5.75 Å². The maximum absolute atomic E-state index is 5.25. The van der Waals surface area contributed by atoms with Gasteiger partial charge in [0.1, 0.15) is 5.75 Å². The van der Waals surface area contributed by atoms with Crippen LogP contribution in [0.25, 0.3) is 0 Å².